The van der Waals surface area contributed by atoms with Crippen molar-refractivity contribution in [2.24, 2.45) is 13.0 Å². The topological polar surface area (TPSA) is 65.4 Å². The molecule has 4 rings (SSSR count). The van der Waals surface area contributed by atoms with Gasteiger partial charge in [-0.3, -0.25) is 9.36 Å². The van der Waals surface area contributed by atoms with Crippen LogP contribution in [0, 0.1) is 5.92 Å². The highest BCUT2D eigenvalue weighted by Crippen LogP contribution is 2.33. The molecule has 1 aromatic heterocycles. The fourth-order valence-electron chi connectivity index (χ4n) is 4.26. The van der Waals surface area contributed by atoms with E-state index in [4.69, 9.17) is 14.5 Å². The molecule has 2 aromatic carbocycles. The molecule has 8 heteroatoms. The molecule has 1 aliphatic heterocycles. The number of fused-ring (bicyclic) bond motifs is 1. The summed E-state index contributed by atoms with van der Waals surface area (Å²) in [5, 5.41) is 3.98. The number of rotatable bonds is 9. The largest absolute Gasteiger partial charge is 0.493 e. The number of nitrogens with zero attached hydrogens (tertiary/aromatic N) is 2. The minimum absolute atomic E-state index is 0.0851. The number of ether oxygens (including phenoxy) is 2. The highest BCUT2D eigenvalue weighted by atomic mass is 79.9. The molecule has 6 nitrogen and oxygen atoms in total. The molecular formula is C25H29BrFN3O3. The van der Waals surface area contributed by atoms with E-state index in [1.807, 2.05) is 24.3 Å². The van der Waals surface area contributed by atoms with Crippen LogP contribution in [-0.4, -0.2) is 42.5 Å². The van der Waals surface area contributed by atoms with Crippen LogP contribution < -0.4 is 20.3 Å². The maximum absolute atomic E-state index is 12.9. The molecule has 0 amide bonds. The van der Waals surface area contributed by atoms with Gasteiger partial charge in [-0.15, -0.1) is 0 Å². The molecule has 1 atom stereocenters. The van der Waals surface area contributed by atoms with E-state index in [9.17, 15) is 9.18 Å². The lowest BCUT2D eigenvalue weighted by Gasteiger charge is -2.22. The van der Waals surface area contributed by atoms with Crippen molar-refractivity contribution >= 4 is 26.8 Å². The number of benzene rings is 2. The van der Waals surface area contributed by atoms with Crippen molar-refractivity contribution in [2.45, 2.75) is 25.7 Å². The van der Waals surface area contributed by atoms with Crippen molar-refractivity contribution in [3.8, 4) is 22.9 Å². The maximum atomic E-state index is 12.9. The highest BCUT2D eigenvalue weighted by Gasteiger charge is 2.17. The van der Waals surface area contributed by atoms with Crippen molar-refractivity contribution in [2.75, 3.05) is 33.0 Å². The van der Waals surface area contributed by atoms with Gasteiger partial charge in [-0.2, -0.15) is 0 Å². The lowest BCUT2D eigenvalue weighted by atomic mass is 9.95. The quantitative estimate of drug-likeness (QED) is 0.410. The minimum atomic E-state index is -0.614. The second-order valence-electron chi connectivity index (χ2n) is 8.36. The Labute approximate surface area is 201 Å². The van der Waals surface area contributed by atoms with Gasteiger partial charge in [0.05, 0.1) is 23.1 Å². The Hall–Kier alpha value is -2.45. The fourth-order valence-corrected chi connectivity index (χ4v) is 4.61. The molecule has 1 unspecified atom stereocenters. The third kappa shape index (κ3) is 5.73. The average Bonchev–Trinajstić information content (AvgIpc) is 2.83. The summed E-state index contributed by atoms with van der Waals surface area (Å²) in [5.41, 5.74) is 1.04. The van der Waals surface area contributed by atoms with Crippen LogP contribution >= 0.6 is 15.9 Å². The van der Waals surface area contributed by atoms with Crippen LogP contribution in [0.5, 0.6) is 11.5 Å². The maximum Gasteiger partial charge on any atom is 0.261 e. The predicted octanol–water partition coefficient (Wildman–Crippen LogP) is 4.87. The summed E-state index contributed by atoms with van der Waals surface area (Å²) in [6.45, 7) is 2.12. The van der Waals surface area contributed by atoms with E-state index in [-0.39, 0.29) is 12.2 Å². The van der Waals surface area contributed by atoms with Crippen LogP contribution in [0.25, 0.3) is 22.3 Å². The van der Waals surface area contributed by atoms with Gasteiger partial charge in [0.15, 0.2) is 0 Å². The van der Waals surface area contributed by atoms with Crippen molar-refractivity contribution in [1.82, 2.24) is 14.9 Å². The molecule has 2 heterocycles. The van der Waals surface area contributed by atoms with Gasteiger partial charge in [0.25, 0.3) is 5.56 Å². The normalized spacial score (nSPS) is 16.2. The lowest BCUT2D eigenvalue weighted by Crippen LogP contribution is -2.29. The molecule has 1 fully saturated rings. The number of aromatic nitrogens is 2. The Kier molecular flexibility index (Phi) is 7.98. The molecule has 3 aromatic rings. The van der Waals surface area contributed by atoms with Crippen molar-refractivity contribution < 1.29 is 13.9 Å². The Balaban J connectivity index is 1.56. The summed E-state index contributed by atoms with van der Waals surface area (Å²) < 4.78 is 26.9. The summed E-state index contributed by atoms with van der Waals surface area (Å²) >= 11 is 3.43. The summed E-state index contributed by atoms with van der Waals surface area (Å²) in [4.78, 5) is 17.6. The van der Waals surface area contributed by atoms with Crippen LogP contribution in [-0.2, 0) is 7.05 Å². The van der Waals surface area contributed by atoms with E-state index in [2.05, 4.69) is 21.2 Å². The van der Waals surface area contributed by atoms with Crippen LogP contribution in [0.15, 0.2) is 45.7 Å². The van der Waals surface area contributed by atoms with Crippen molar-refractivity contribution in [3.63, 3.8) is 0 Å². The van der Waals surface area contributed by atoms with Gasteiger partial charge in [0.1, 0.15) is 30.6 Å². The van der Waals surface area contributed by atoms with Crippen molar-refractivity contribution in [1.29, 1.82) is 0 Å². The number of hydrogen-bond donors (Lipinski definition) is 1. The molecule has 0 aliphatic carbocycles. The molecule has 1 aliphatic rings. The summed E-state index contributed by atoms with van der Waals surface area (Å²) in [5.74, 6) is 2.27. The van der Waals surface area contributed by atoms with Gasteiger partial charge >= 0.3 is 0 Å². The first-order chi connectivity index (χ1) is 16.1. The lowest BCUT2D eigenvalue weighted by molar-refractivity contribution is 0.264. The van der Waals surface area contributed by atoms with E-state index in [0.717, 1.165) is 30.4 Å². The highest BCUT2D eigenvalue weighted by molar-refractivity contribution is 9.10. The van der Waals surface area contributed by atoms with E-state index < -0.39 is 6.67 Å². The molecule has 176 valence electrons. The SMILES string of the molecule is Cn1c(-c2ccc(OCCCC3CCCNC3)cc2OCCF)nc2cc(Br)ccc2c1=O. The number of halogens is 2. The van der Waals surface area contributed by atoms with Crippen LogP contribution in [0.1, 0.15) is 25.7 Å². The van der Waals surface area contributed by atoms with Gasteiger partial charge in [-0.1, -0.05) is 15.9 Å². The Bertz CT molecular complexity index is 1160. The minimum Gasteiger partial charge on any atom is -0.493 e. The average molecular weight is 518 g/mol. The smallest absolute Gasteiger partial charge is 0.261 e. The van der Waals surface area contributed by atoms with E-state index >= 15 is 0 Å². The van der Waals surface area contributed by atoms with Gasteiger partial charge in [0, 0.05) is 17.6 Å². The number of piperidine rings is 1. The summed E-state index contributed by atoms with van der Waals surface area (Å²) in [6, 6.07) is 10.8. The first-order valence-corrected chi connectivity index (χ1v) is 12.2. The molecule has 0 spiro atoms. The van der Waals surface area contributed by atoms with E-state index in [0.29, 0.717) is 46.3 Å². The monoisotopic (exact) mass is 517 g/mol. The second kappa shape index (κ2) is 11.1. The summed E-state index contributed by atoms with van der Waals surface area (Å²) in [6.07, 6.45) is 4.63. The zero-order valence-electron chi connectivity index (χ0n) is 18.8. The van der Waals surface area contributed by atoms with Crippen LogP contribution in [0.4, 0.5) is 4.39 Å². The molecule has 0 radical (unpaired) electrons. The summed E-state index contributed by atoms with van der Waals surface area (Å²) in [7, 11) is 1.68. The Morgan fingerprint density at radius 2 is 2.09 bits per heavy atom. The first-order valence-electron chi connectivity index (χ1n) is 11.4. The molecule has 1 N–H and O–H groups in total. The Morgan fingerprint density at radius 1 is 1.21 bits per heavy atom. The molecule has 0 saturated carbocycles. The van der Waals surface area contributed by atoms with Crippen molar-refractivity contribution in [3.05, 3.63) is 51.2 Å². The number of nitrogens with one attached hydrogen (secondary N) is 1. The third-order valence-electron chi connectivity index (χ3n) is 5.99. The van der Waals surface area contributed by atoms with Gasteiger partial charge < -0.3 is 14.8 Å². The van der Waals surface area contributed by atoms with Gasteiger partial charge in [0.2, 0.25) is 0 Å². The van der Waals surface area contributed by atoms with E-state index in [1.165, 1.54) is 17.4 Å². The van der Waals surface area contributed by atoms with Crippen LogP contribution in [0.3, 0.4) is 0 Å². The zero-order chi connectivity index (χ0) is 23.2. The number of alkyl halides is 1. The first kappa shape index (κ1) is 23.7. The van der Waals surface area contributed by atoms with Gasteiger partial charge in [-0.25, -0.2) is 9.37 Å². The molecule has 33 heavy (non-hydrogen) atoms. The zero-order valence-corrected chi connectivity index (χ0v) is 20.4. The Morgan fingerprint density at radius 3 is 2.88 bits per heavy atom. The molecular weight excluding hydrogens is 489 g/mol. The third-order valence-corrected chi connectivity index (χ3v) is 6.49. The molecule has 1 saturated heterocycles. The second-order valence-corrected chi connectivity index (χ2v) is 9.28. The predicted molar refractivity (Wildman–Crippen MR) is 132 cm³/mol. The van der Waals surface area contributed by atoms with E-state index in [1.54, 1.807) is 19.2 Å². The molecule has 0 bridgehead atoms. The standard InChI is InChI=1S/C25H29BrFN3O3/c1-30-24(29-22-14-18(26)6-8-20(22)25(30)31)21-9-7-19(15-23(21)33-13-10-27)32-12-3-5-17-4-2-11-28-16-17/h6-9,14-15,17,28H,2-5,10-13,16H2,1H3. The van der Waals surface area contributed by atoms with Crippen LogP contribution in [0.2, 0.25) is 0 Å². The number of hydrogen-bond acceptors (Lipinski definition) is 5. The van der Waals surface area contributed by atoms with Gasteiger partial charge in [-0.05, 0) is 75.0 Å². The fraction of sp³-hybridized carbons (Fsp3) is 0.440.